The van der Waals surface area contributed by atoms with Crippen LogP contribution in [0.3, 0.4) is 0 Å². The van der Waals surface area contributed by atoms with Crippen molar-refractivity contribution in [1.29, 1.82) is 0 Å². The van der Waals surface area contributed by atoms with Crippen molar-refractivity contribution >= 4 is 11.8 Å². The van der Waals surface area contributed by atoms with Crippen LogP contribution in [0.2, 0.25) is 0 Å². The van der Waals surface area contributed by atoms with Gasteiger partial charge in [-0.2, -0.15) is 0 Å². The van der Waals surface area contributed by atoms with Gasteiger partial charge in [0, 0.05) is 17.8 Å². The fourth-order valence-electron chi connectivity index (χ4n) is 9.73. The Morgan fingerprint density at radius 3 is 2.24 bits per heavy atom. The number of hydrogen-bond donors (Lipinski definition) is 2. The van der Waals surface area contributed by atoms with Crippen LogP contribution in [0.4, 0.5) is 0 Å². The molecule has 4 nitrogen and oxygen atoms in total. The highest BCUT2D eigenvalue weighted by atomic mass is 16.4. The maximum Gasteiger partial charge on any atom is 0.309 e. The zero-order valence-electron chi connectivity index (χ0n) is 22.3. The number of carbonyl (C=O) groups excluding carboxylic acids is 1. The number of carboxylic acid groups (broad SMARTS) is 1. The fourth-order valence-corrected chi connectivity index (χ4v) is 9.73. The zero-order valence-corrected chi connectivity index (χ0v) is 22.3. The maximum atomic E-state index is 14.0. The highest BCUT2D eigenvalue weighted by molar-refractivity contribution is 5.85. The van der Waals surface area contributed by atoms with E-state index in [2.05, 4.69) is 53.7 Å². The average molecular weight is 469 g/mol. The van der Waals surface area contributed by atoms with Crippen LogP contribution < -0.4 is 0 Å². The molecule has 5 aliphatic carbocycles. The number of carboxylic acids is 1. The van der Waals surface area contributed by atoms with Crippen LogP contribution in [-0.2, 0) is 9.59 Å². The molecule has 8 atom stereocenters. The maximum absolute atomic E-state index is 14.0. The number of aliphatic hydroxyl groups excluding tert-OH is 1. The Balaban J connectivity index is 1.68. The molecule has 0 aromatic rings. The van der Waals surface area contributed by atoms with Gasteiger partial charge in [0.25, 0.3) is 0 Å². The van der Waals surface area contributed by atoms with Gasteiger partial charge in [0.05, 0.1) is 11.5 Å². The molecular weight excluding hydrogens is 424 g/mol. The third kappa shape index (κ3) is 2.75. The fraction of sp³-hybridized carbons (Fsp3) is 0.800. The molecule has 188 valence electrons. The third-order valence-corrected chi connectivity index (χ3v) is 12.3. The smallest absolute Gasteiger partial charge is 0.309 e. The summed E-state index contributed by atoms with van der Waals surface area (Å²) in [4.78, 5) is 26.2. The molecule has 5 rings (SSSR count). The van der Waals surface area contributed by atoms with E-state index in [1.54, 1.807) is 0 Å². The first-order chi connectivity index (χ1) is 15.6. The van der Waals surface area contributed by atoms with E-state index in [9.17, 15) is 19.8 Å². The summed E-state index contributed by atoms with van der Waals surface area (Å²) in [5.74, 6) is -0.242. The van der Waals surface area contributed by atoms with E-state index >= 15 is 0 Å². The number of allylic oxidation sites excluding steroid dienone is 4. The second-order valence-corrected chi connectivity index (χ2v) is 14.5. The number of aliphatic carboxylic acids is 1. The summed E-state index contributed by atoms with van der Waals surface area (Å²) >= 11 is 0. The molecule has 3 fully saturated rings. The van der Waals surface area contributed by atoms with E-state index in [4.69, 9.17) is 0 Å². The molecule has 0 radical (unpaired) electrons. The SMILES string of the molecule is CC1(C(=O)O)CCC2(C)CCC3(C)C(=C2C1)C=CC1C2(C)CCC(O)C(C)(C)C2C(=O)CC13C. The van der Waals surface area contributed by atoms with Gasteiger partial charge in [0.1, 0.15) is 5.78 Å². The zero-order chi connectivity index (χ0) is 25.1. The van der Waals surface area contributed by atoms with E-state index in [0.29, 0.717) is 18.6 Å². The second-order valence-electron chi connectivity index (χ2n) is 14.5. The summed E-state index contributed by atoms with van der Waals surface area (Å²) < 4.78 is 0. The van der Waals surface area contributed by atoms with Crippen molar-refractivity contribution in [2.75, 3.05) is 0 Å². The lowest BCUT2D eigenvalue weighted by Gasteiger charge is -2.68. The highest BCUT2D eigenvalue weighted by Crippen LogP contribution is 2.73. The van der Waals surface area contributed by atoms with Crippen molar-refractivity contribution in [3.05, 3.63) is 23.3 Å². The number of rotatable bonds is 1. The molecule has 0 saturated heterocycles. The second kappa shape index (κ2) is 6.87. The molecule has 0 spiro atoms. The van der Waals surface area contributed by atoms with Crippen LogP contribution in [0.5, 0.6) is 0 Å². The van der Waals surface area contributed by atoms with Gasteiger partial charge >= 0.3 is 5.97 Å². The Morgan fingerprint density at radius 1 is 0.941 bits per heavy atom. The van der Waals surface area contributed by atoms with Crippen LogP contribution in [-0.4, -0.2) is 28.1 Å². The van der Waals surface area contributed by atoms with E-state index < -0.39 is 22.9 Å². The topological polar surface area (TPSA) is 74.6 Å². The minimum atomic E-state index is -0.714. The minimum absolute atomic E-state index is 0.0550. The summed E-state index contributed by atoms with van der Waals surface area (Å²) in [6.45, 7) is 15.5. The lowest BCUT2D eigenvalue weighted by molar-refractivity contribution is -0.188. The number of ketones is 1. The Bertz CT molecular complexity index is 1020. The number of aliphatic hydroxyl groups is 1. The quantitative estimate of drug-likeness (QED) is 0.471. The summed E-state index contributed by atoms with van der Waals surface area (Å²) in [5, 5.41) is 20.9. The first-order valence-corrected chi connectivity index (χ1v) is 13.4. The van der Waals surface area contributed by atoms with Crippen molar-refractivity contribution in [1.82, 2.24) is 0 Å². The third-order valence-electron chi connectivity index (χ3n) is 12.3. The average Bonchev–Trinajstić information content (AvgIpc) is 2.72. The molecule has 0 aromatic carbocycles. The van der Waals surface area contributed by atoms with E-state index in [-0.39, 0.29) is 33.5 Å². The first kappa shape index (κ1) is 24.3. The van der Waals surface area contributed by atoms with Crippen LogP contribution in [0.1, 0.15) is 99.8 Å². The Morgan fingerprint density at radius 2 is 1.59 bits per heavy atom. The van der Waals surface area contributed by atoms with Gasteiger partial charge in [-0.15, -0.1) is 0 Å². The lowest BCUT2D eigenvalue weighted by atomic mass is 9.35. The van der Waals surface area contributed by atoms with Gasteiger partial charge in [-0.3, -0.25) is 9.59 Å². The van der Waals surface area contributed by atoms with Crippen molar-refractivity contribution in [2.24, 2.45) is 44.3 Å². The molecule has 5 aliphatic rings. The van der Waals surface area contributed by atoms with Gasteiger partial charge in [0.2, 0.25) is 0 Å². The predicted molar refractivity (Wildman–Crippen MR) is 133 cm³/mol. The standard InChI is InChI=1S/C30H44O4/c1-25(2)22(32)10-11-28(5)21-9-8-18-19-16-27(4,24(33)34)13-12-26(19,3)14-15-29(18,6)30(21,7)17-20(31)23(25)28/h8-9,21-23,32H,10-17H2,1-7H3,(H,33,34). The molecule has 0 aromatic heterocycles. The molecule has 0 bridgehead atoms. The first-order valence-electron chi connectivity index (χ1n) is 13.4. The predicted octanol–water partition coefficient (Wildman–Crippen LogP) is 6.33. The summed E-state index contributed by atoms with van der Waals surface area (Å²) in [7, 11) is 0. The molecule has 2 N–H and O–H groups in total. The number of fused-ring (bicyclic) bond motifs is 6. The van der Waals surface area contributed by atoms with Crippen LogP contribution in [0, 0.1) is 44.3 Å². The van der Waals surface area contributed by atoms with Crippen molar-refractivity contribution < 1.29 is 19.8 Å². The minimum Gasteiger partial charge on any atom is -0.481 e. The van der Waals surface area contributed by atoms with Gasteiger partial charge in [-0.1, -0.05) is 59.3 Å². The van der Waals surface area contributed by atoms with Gasteiger partial charge in [-0.25, -0.2) is 0 Å². The van der Waals surface area contributed by atoms with E-state index in [0.717, 1.165) is 38.5 Å². The molecule has 34 heavy (non-hydrogen) atoms. The van der Waals surface area contributed by atoms with Gasteiger partial charge in [0.15, 0.2) is 0 Å². The molecule has 0 heterocycles. The Kier molecular flexibility index (Phi) is 4.90. The van der Waals surface area contributed by atoms with Crippen molar-refractivity contribution in [3.8, 4) is 0 Å². The van der Waals surface area contributed by atoms with Crippen LogP contribution in [0.25, 0.3) is 0 Å². The van der Waals surface area contributed by atoms with E-state index in [1.165, 1.54) is 11.1 Å². The Labute approximate surface area is 205 Å². The van der Waals surface area contributed by atoms with Gasteiger partial charge < -0.3 is 10.2 Å². The van der Waals surface area contributed by atoms with Gasteiger partial charge in [-0.05, 0) is 85.0 Å². The summed E-state index contributed by atoms with van der Waals surface area (Å²) in [6, 6.07) is 0. The Hall–Kier alpha value is -1.42. The normalized spacial score (nSPS) is 51.8. The lowest BCUT2D eigenvalue weighted by Crippen LogP contribution is -2.66. The molecule has 0 aliphatic heterocycles. The molecular formula is C30H44O4. The van der Waals surface area contributed by atoms with Crippen LogP contribution in [0.15, 0.2) is 23.3 Å². The summed E-state index contributed by atoms with van der Waals surface area (Å²) in [6.07, 6.45) is 10.8. The molecule has 3 saturated carbocycles. The molecule has 0 amide bonds. The highest BCUT2D eigenvalue weighted by Gasteiger charge is 2.69. The summed E-state index contributed by atoms with van der Waals surface area (Å²) in [5.41, 5.74) is 1.06. The van der Waals surface area contributed by atoms with Crippen molar-refractivity contribution in [3.63, 3.8) is 0 Å². The monoisotopic (exact) mass is 468 g/mol. The van der Waals surface area contributed by atoms with Crippen LogP contribution >= 0.6 is 0 Å². The molecule has 4 heteroatoms. The molecule has 8 unspecified atom stereocenters. The van der Waals surface area contributed by atoms with E-state index in [1.807, 2.05) is 6.92 Å². The number of hydrogen-bond acceptors (Lipinski definition) is 3. The van der Waals surface area contributed by atoms with Crippen molar-refractivity contribution in [2.45, 2.75) is 106 Å². The number of carbonyl (C=O) groups is 2. The largest absolute Gasteiger partial charge is 0.481 e. The number of Topliss-reactive ketones (excluding diaryl/α,β-unsaturated/α-hetero) is 1.